The Balaban J connectivity index is 1.80. The van der Waals surface area contributed by atoms with E-state index in [4.69, 9.17) is 0 Å². The number of hydrogen-bond donors (Lipinski definition) is 3. The molecule has 0 spiro atoms. The van der Waals surface area contributed by atoms with Gasteiger partial charge in [0.2, 0.25) is 5.91 Å². The Morgan fingerprint density at radius 3 is 2.47 bits per heavy atom. The van der Waals surface area contributed by atoms with Crippen molar-refractivity contribution in [2.75, 3.05) is 11.6 Å². The van der Waals surface area contributed by atoms with Crippen LogP contribution in [0.15, 0.2) is 54.6 Å². The second-order valence-electron chi connectivity index (χ2n) is 9.65. The van der Waals surface area contributed by atoms with E-state index in [-0.39, 0.29) is 18.2 Å². The van der Waals surface area contributed by atoms with Crippen molar-refractivity contribution in [3.63, 3.8) is 0 Å². The third-order valence-corrected chi connectivity index (χ3v) is 6.51. The minimum Gasteiger partial charge on any atom is -0.381 e. The van der Waals surface area contributed by atoms with Crippen molar-refractivity contribution < 1.29 is 19.5 Å². The van der Waals surface area contributed by atoms with Gasteiger partial charge in [0, 0.05) is 16.9 Å². The molecule has 0 bridgehead atoms. The van der Waals surface area contributed by atoms with E-state index in [0.717, 1.165) is 11.1 Å². The predicted molar refractivity (Wildman–Crippen MR) is 134 cm³/mol. The lowest BCUT2D eigenvalue weighted by Gasteiger charge is -2.31. The van der Waals surface area contributed by atoms with Crippen LogP contribution >= 0.6 is 11.8 Å². The summed E-state index contributed by atoms with van der Waals surface area (Å²) in [6.07, 6.45) is -1.23. The number of aryl methyl sites for hydroxylation is 1. The van der Waals surface area contributed by atoms with Gasteiger partial charge in [0.1, 0.15) is 6.04 Å². The number of carbonyl (C=O) groups is 3. The highest BCUT2D eigenvalue weighted by Crippen LogP contribution is 2.24. The average molecular weight is 484 g/mol. The van der Waals surface area contributed by atoms with E-state index in [0.29, 0.717) is 17.2 Å². The SMILES string of the molecule is Cc1cccc(C(=O)N[C@@H](Cc2ccccc2)[C@H](O)C(=O)N2CSC[C@H]2C(=O)NC(C)(C)C)c1. The summed E-state index contributed by atoms with van der Waals surface area (Å²) in [6, 6.07) is 15.0. The number of nitrogens with zero attached hydrogens (tertiary/aromatic N) is 1. The molecule has 0 aromatic heterocycles. The van der Waals surface area contributed by atoms with Crippen molar-refractivity contribution in [1.29, 1.82) is 0 Å². The molecule has 2 aromatic rings. The third kappa shape index (κ3) is 6.84. The molecule has 1 aliphatic rings. The highest BCUT2D eigenvalue weighted by molar-refractivity contribution is 7.99. The van der Waals surface area contributed by atoms with Crippen molar-refractivity contribution in [2.45, 2.75) is 57.8 Å². The van der Waals surface area contributed by atoms with Crippen LogP contribution in [0.4, 0.5) is 0 Å². The summed E-state index contributed by atoms with van der Waals surface area (Å²) in [4.78, 5) is 40.5. The van der Waals surface area contributed by atoms with Crippen molar-refractivity contribution in [3.8, 4) is 0 Å². The molecule has 3 atom stereocenters. The van der Waals surface area contributed by atoms with Gasteiger partial charge in [-0.05, 0) is 51.8 Å². The number of hydrogen-bond acceptors (Lipinski definition) is 5. The molecule has 0 saturated carbocycles. The smallest absolute Gasteiger partial charge is 0.254 e. The van der Waals surface area contributed by atoms with Gasteiger partial charge in [-0.15, -0.1) is 11.8 Å². The van der Waals surface area contributed by atoms with Crippen LogP contribution in [0.25, 0.3) is 0 Å². The fourth-order valence-electron chi connectivity index (χ4n) is 3.82. The second kappa shape index (κ2) is 11.1. The summed E-state index contributed by atoms with van der Waals surface area (Å²) in [6.45, 7) is 7.53. The summed E-state index contributed by atoms with van der Waals surface area (Å²) in [5.74, 6) is -0.415. The maximum absolute atomic E-state index is 13.4. The zero-order valence-corrected chi connectivity index (χ0v) is 20.9. The maximum atomic E-state index is 13.4. The molecule has 1 heterocycles. The first-order valence-electron chi connectivity index (χ1n) is 11.3. The van der Waals surface area contributed by atoms with Crippen molar-refractivity contribution in [2.24, 2.45) is 0 Å². The first-order chi connectivity index (χ1) is 16.0. The van der Waals surface area contributed by atoms with Crippen molar-refractivity contribution in [1.82, 2.24) is 15.5 Å². The Labute approximate surface area is 205 Å². The number of nitrogens with one attached hydrogen (secondary N) is 2. The minimum absolute atomic E-state index is 0.249. The number of carbonyl (C=O) groups excluding carboxylic acids is 3. The molecule has 0 aliphatic carbocycles. The summed E-state index contributed by atoms with van der Waals surface area (Å²) < 4.78 is 0. The first kappa shape index (κ1) is 25.8. The molecule has 1 aliphatic heterocycles. The van der Waals surface area contributed by atoms with Gasteiger partial charge in [0.15, 0.2) is 6.10 Å². The van der Waals surface area contributed by atoms with Gasteiger partial charge >= 0.3 is 0 Å². The van der Waals surface area contributed by atoms with Crippen LogP contribution in [0.5, 0.6) is 0 Å². The van der Waals surface area contributed by atoms with Crippen LogP contribution in [0.3, 0.4) is 0 Å². The van der Waals surface area contributed by atoms with Gasteiger partial charge in [-0.2, -0.15) is 0 Å². The second-order valence-corrected chi connectivity index (χ2v) is 10.6. The van der Waals surface area contributed by atoms with Gasteiger partial charge in [0.25, 0.3) is 11.8 Å². The molecule has 34 heavy (non-hydrogen) atoms. The standard InChI is InChI=1S/C26H33N3O4S/c1-17-9-8-12-19(13-17)23(31)27-20(14-18-10-6-5-7-11-18)22(30)25(33)29-16-34-15-21(29)24(32)28-26(2,3)4/h5-13,20-22,30H,14-16H2,1-4H3,(H,27,31)(H,28,32)/t20-,21-,22-/m0/s1. The topological polar surface area (TPSA) is 98.7 Å². The van der Waals surface area contributed by atoms with E-state index in [1.807, 2.05) is 64.1 Å². The third-order valence-electron chi connectivity index (χ3n) is 5.50. The normalized spacial score (nSPS) is 17.7. The predicted octanol–water partition coefficient (Wildman–Crippen LogP) is 2.51. The fraction of sp³-hybridized carbons (Fsp3) is 0.423. The van der Waals surface area contributed by atoms with Crippen LogP contribution in [0.1, 0.15) is 42.3 Å². The monoisotopic (exact) mass is 483 g/mol. The van der Waals surface area contributed by atoms with Gasteiger partial charge in [-0.1, -0.05) is 48.0 Å². The number of aliphatic hydroxyl groups excluding tert-OH is 1. The van der Waals surface area contributed by atoms with Gasteiger partial charge < -0.3 is 20.6 Å². The lowest BCUT2D eigenvalue weighted by atomic mass is 9.99. The van der Waals surface area contributed by atoms with E-state index in [1.54, 1.807) is 18.2 Å². The van der Waals surface area contributed by atoms with Crippen LogP contribution in [0.2, 0.25) is 0 Å². The van der Waals surface area contributed by atoms with Crippen molar-refractivity contribution in [3.05, 3.63) is 71.3 Å². The van der Waals surface area contributed by atoms with Gasteiger partial charge in [0.05, 0.1) is 11.9 Å². The molecule has 0 radical (unpaired) electrons. The van der Waals surface area contributed by atoms with E-state index in [1.165, 1.54) is 16.7 Å². The summed E-state index contributed by atoms with van der Waals surface area (Å²) in [5.41, 5.74) is 1.83. The molecule has 7 nitrogen and oxygen atoms in total. The van der Waals surface area contributed by atoms with E-state index >= 15 is 0 Å². The van der Waals surface area contributed by atoms with Gasteiger partial charge in [-0.25, -0.2) is 0 Å². The van der Waals surface area contributed by atoms with E-state index in [9.17, 15) is 19.5 Å². The number of amides is 3. The van der Waals surface area contributed by atoms with Crippen LogP contribution in [-0.4, -0.2) is 63.1 Å². The number of thioether (sulfide) groups is 1. The molecule has 2 aromatic carbocycles. The van der Waals surface area contributed by atoms with E-state index in [2.05, 4.69) is 10.6 Å². The van der Waals surface area contributed by atoms with E-state index < -0.39 is 29.6 Å². The van der Waals surface area contributed by atoms with Crippen LogP contribution in [-0.2, 0) is 16.0 Å². The molecule has 1 fully saturated rings. The zero-order chi connectivity index (χ0) is 24.9. The Kier molecular flexibility index (Phi) is 8.38. The highest BCUT2D eigenvalue weighted by atomic mass is 32.2. The molecule has 3 rings (SSSR count). The molecule has 0 unspecified atom stereocenters. The first-order valence-corrected chi connectivity index (χ1v) is 12.5. The fourth-order valence-corrected chi connectivity index (χ4v) is 4.98. The molecule has 3 N–H and O–H groups in total. The van der Waals surface area contributed by atoms with Crippen LogP contribution < -0.4 is 10.6 Å². The minimum atomic E-state index is -1.50. The maximum Gasteiger partial charge on any atom is 0.254 e. The van der Waals surface area contributed by atoms with Crippen LogP contribution in [0, 0.1) is 6.92 Å². The largest absolute Gasteiger partial charge is 0.381 e. The number of benzene rings is 2. The summed E-state index contributed by atoms with van der Waals surface area (Å²) >= 11 is 1.46. The average Bonchev–Trinajstić information content (AvgIpc) is 3.27. The highest BCUT2D eigenvalue weighted by Gasteiger charge is 2.40. The van der Waals surface area contributed by atoms with Crippen molar-refractivity contribution >= 4 is 29.5 Å². The summed E-state index contributed by atoms with van der Waals surface area (Å²) in [5, 5.41) is 16.9. The molecule has 8 heteroatoms. The number of rotatable bonds is 7. The lowest BCUT2D eigenvalue weighted by molar-refractivity contribution is -0.146. The van der Waals surface area contributed by atoms with Gasteiger partial charge in [-0.3, -0.25) is 14.4 Å². The zero-order valence-electron chi connectivity index (χ0n) is 20.1. The Morgan fingerprint density at radius 1 is 1.12 bits per heavy atom. The Morgan fingerprint density at radius 2 is 1.82 bits per heavy atom. The summed E-state index contributed by atoms with van der Waals surface area (Å²) in [7, 11) is 0. The Bertz CT molecular complexity index is 1020. The molecule has 182 valence electrons. The lowest BCUT2D eigenvalue weighted by Crippen LogP contribution is -2.57. The number of aliphatic hydroxyl groups is 1. The molecule has 3 amide bonds. The quantitative estimate of drug-likeness (QED) is 0.562. The molecular weight excluding hydrogens is 450 g/mol. The Hall–Kier alpha value is -2.84. The molecular formula is C26H33N3O4S. The molecule has 1 saturated heterocycles.